The van der Waals surface area contributed by atoms with Crippen LogP contribution < -0.4 is 5.73 Å². The van der Waals surface area contributed by atoms with Crippen molar-refractivity contribution in [1.29, 1.82) is 0 Å². The minimum absolute atomic E-state index is 0.263. The van der Waals surface area contributed by atoms with E-state index in [1.54, 1.807) is 6.92 Å². The molecule has 0 saturated heterocycles. The van der Waals surface area contributed by atoms with Gasteiger partial charge in [-0.1, -0.05) is 0 Å². The average Bonchev–Trinajstić information content (AvgIpc) is 2.75. The predicted octanol–water partition coefficient (Wildman–Crippen LogP) is 3.16. The molecule has 1 aromatic heterocycles. The summed E-state index contributed by atoms with van der Waals surface area (Å²) in [5.41, 5.74) is 6.56. The van der Waals surface area contributed by atoms with Crippen LogP contribution >= 0.6 is 0 Å². The summed E-state index contributed by atoms with van der Waals surface area (Å²) in [5, 5.41) is 4.41. The van der Waals surface area contributed by atoms with Crippen molar-refractivity contribution in [2.45, 2.75) is 38.8 Å². The number of halogens is 2. The first kappa shape index (κ1) is 14.7. The molecule has 0 bridgehead atoms. The maximum atomic E-state index is 13.3. The Morgan fingerprint density at radius 2 is 1.85 bits per heavy atom. The van der Waals surface area contributed by atoms with Gasteiger partial charge in [-0.2, -0.15) is 5.10 Å². The van der Waals surface area contributed by atoms with E-state index in [1.165, 1.54) is 12.1 Å². The van der Waals surface area contributed by atoms with Crippen LogP contribution in [0.15, 0.2) is 30.5 Å². The fraction of sp³-hybridized carbons (Fsp3) is 0.400. The minimum atomic E-state index is -0.876. The molecule has 1 unspecified atom stereocenters. The highest BCUT2D eigenvalue weighted by Gasteiger charge is 2.24. The van der Waals surface area contributed by atoms with Crippen LogP contribution in [0.25, 0.3) is 0 Å². The molecule has 0 aliphatic carbocycles. The van der Waals surface area contributed by atoms with Crippen LogP contribution in [0.3, 0.4) is 0 Å². The van der Waals surface area contributed by atoms with Gasteiger partial charge in [-0.05, 0) is 44.5 Å². The van der Waals surface area contributed by atoms with Crippen molar-refractivity contribution >= 4 is 0 Å². The first-order chi connectivity index (χ1) is 9.28. The Morgan fingerprint density at radius 1 is 1.25 bits per heavy atom. The molecule has 0 fully saturated rings. The highest BCUT2D eigenvalue weighted by molar-refractivity contribution is 5.27. The van der Waals surface area contributed by atoms with E-state index in [0.29, 0.717) is 12.0 Å². The second-order valence-corrected chi connectivity index (χ2v) is 5.63. The van der Waals surface area contributed by atoms with Crippen molar-refractivity contribution < 1.29 is 8.78 Å². The van der Waals surface area contributed by atoms with E-state index in [-0.39, 0.29) is 6.04 Å². The fourth-order valence-electron chi connectivity index (χ4n) is 2.12. The average molecular weight is 279 g/mol. The van der Waals surface area contributed by atoms with E-state index in [2.05, 4.69) is 5.10 Å². The molecule has 1 aromatic carbocycles. The zero-order valence-corrected chi connectivity index (χ0v) is 11.9. The van der Waals surface area contributed by atoms with Crippen molar-refractivity contribution in [3.05, 3.63) is 53.4 Å². The van der Waals surface area contributed by atoms with Gasteiger partial charge in [-0.3, -0.25) is 4.68 Å². The van der Waals surface area contributed by atoms with Crippen molar-refractivity contribution in [1.82, 2.24) is 9.78 Å². The Hall–Kier alpha value is -1.75. The van der Waals surface area contributed by atoms with Gasteiger partial charge in [0, 0.05) is 30.3 Å². The third-order valence-electron chi connectivity index (χ3n) is 3.26. The molecule has 0 aliphatic rings. The number of nitrogens with zero attached hydrogens (tertiary/aromatic N) is 2. The van der Waals surface area contributed by atoms with Gasteiger partial charge in [-0.15, -0.1) is 0 Å². The van der Waals surface area contributed by atoms with Crippen LogP contribution in [0.2, 0.25) is 0 Å². The standard InChI is InChI=1S/C15H19F2N3/c1-10(2)20-5-4-14(19-20)9-15(3,18)11-6-12(16)8-13(17)7-11/h4-8,10H,9,18H2,1-3H3. The number of aromatic nitrogens is 2. The fourth-order valence-corrected chi connectivity index (χ4v) is 2.12. The van der Waals surface area contributed by atoms with Gasteiger partial charge in [0.25, 0.3) is 0 Å². The van der Waals surface area contributed by atoms with Crippen LogP contribution in [-0.4, -0.2) is 9.78 Å². The van der Waals surface area contributed by atoms with Gasteiger partial charge in [-0.25, -0.2) is 8.78 Å². The molecule has 0 amide bonds. The lowest BCUT2D eigenvalue weighted by atomic mass is 9.88. The molecule has 1 atom stereocenters. The zero-order valence-electron chi connectivity index (χ0n) is 11.9. The van der Waals surface area contributed by atoms with Crippen LogP contribution in [0.4, 0.5) is 8.78 Å². The van der Waals surface area contributed by atoms with Gasteiger partial charge < -0.3 is 5.73 Å². The highest BCUT2D eigenvalue weighted by Crippen LogP contribution is 2.24. The third kappa shape index (κ3) is 3.22. The smallest absolute Gasteiger partial charge is 0.126 e. The lowest BCUT2D eigenvalue weighted by Crippen LogP contribution is -2.36. The summed E-state index contributed by atoms with van der Waals surface area (Å²) in [5.74, 6) is -1.24. The number of nitrogens with two attached hydrogens (primary N) is 1. The summed E-state index contributed by atoms with van der Waals surface area (Å²) < 4.78 is 28.4. The van der Waals surface area contributed by atoms with Crippen molar-refractivity contribution in [3.8, 4) is 0 Å². The predicted molar refractivity (Wildman–Crippen MR) is 74.2 cm³/mol. The zero-order chi connectivity index (χ0) is 14.9. The Bertz CT molecular complexity index is 583. The molecular formula is C15H19F2N3. The van der Waals surface area contributed by atoms with E-state index in [0.717, 1.165) is 11.8 Å². The SMILES string of the molecule is CC(C)n1ccc(CC(C)(N)c2cc(F)cc(F)c2)n1. The molecule has 0 saturated carbocycles. The molecule has 2 aromatic rings. The Balaban J connectivity index is 2.25. The van der Waals surface area contributed by atoms with Crippen molar-refractivity contribution in [2.24, 2.45) is 5.73 Å². The number of benzene rings is 1. The maximum absolute atomic E-state index is 13.3. The van der Waals surface area contributed by atoms with Crippen LogP contribution in [-0.2, 0) is 12.0 Å². The Kier molecular flexibility index (Phi) is 3.90. The monoisotopic (exact) mass is 279 g/mol. The first-order valence-corrected chi connectivity index (χ1v) is 6.57. The Labute approximate surface area is 117 Å². The van der Waals surface area contributed by atoms with E-state index < -0.39 is 17.2 Å². The van der Waals surface area contributed by atoms with E-state index in [4.69, 9.17) is 5.73 Å². The summed E-state index contributed by atoms with van der Waals surface area (Å²) in [6.07, 6.45) is 2.29. The number of hydrogen-bond donors (Lipinski definition) is 1. The second-order valence-electron chi connectivity index (χ2n) is 5.63. The quantitative estimate of drug-likeness (QED) is 0.934. The number of rotatable bonds is 4. The van der Waals surface area contributed by atoms with E-state index >= 15 is 0 Å². The van der Waals surface area contributed by atoms with Gasteiger partial charge in [0.05, 0.1) is 5.69 Å². The largest absolute Gasteiger partial charge is 0.321 e. The molecule has 2 rings (SSSR count). The third-order valence-corrected chi connectivity index (χ3v) is 3.26. The molecule has 2 N–H and O–H groups in total. The molecule has 5 heteroatoms. The highest BCUT2D eigenvalue weighted by atomic mass is 19.1. The summed E-state index contributed by atoms with van der Waals surface area (Å²) in [6.45, 7) is 5.80. The maximum Gasteiger partial charge on any atom is 0.126 e. The molecule has 0 radical (unpaired) electrons. The van der Waals surface area contributed by atoms with Gasteiger partial charge in [0.15, 0.2) is 0 Å². The lowest BCUT2D eigenvalue weighted by molar-refractivity contribution is 0.461. The lowest BCUT2D eigenvalue weighted by Gasteiger charge is -2.24. The summed E-state index contributed by atoms with van der Waals surface area (Å²) >= 11 is 0. The molecule has 20 heavy (non-hydrogen) atoms. The first-order valence-electron chi connectivity index (χ1n) is 6.57. The molecule has 3 nitrogen and oxygen atoms in total. The topological polar surface area (TPSA) is 43.8 Å². The molecule has 108 valence electrons. The molecule has 1 heterocycles. The summed E-state index contributed by atoms with van der Waals surface area (Å²) in [7, 11) is 0. The molecular weight excluding hydrogens is 260 g/mol. The number of hydrogen-bond acceptors (Lipinski definition) is 2. The minimum Gasteiger partial charge on any atom is -0.321 e. The van der Waals surface area contributed by atoms with Crippen molar-refractivity contribution in [2.75, 3.05) is 0 Å². The van der Waals surface area contributed by atoms with Gasteiger partial charge >= 0.3 is 0 Å². The van der Waals surface area contributed by atoms with Crippen LogP contribution in [0, 0.1) is 11.6 Å². The van der Waals surface area contributed by atoms with Crippen LogP contribution in [0.1, 0.15) is 38.1 Å². The summed E-state index contributed by atoms with van der Waals surface area (Å²) in [6, 6.07) is 5.51. The van der Waals surface area contributed by atoms with Gasteiger partial charge in [0.2, 0.25) is 0 Å². The van der Waals surface area contributed by atoms with Crippen molar-refractivity contribution in [3.63, 3.8) is 0 Å². The molecule has 0 spiro atoms. The van der Waals surface area contributed by atoms with E-state index in [9.17, 15) is 8.78 Å². The molecule has 0 aliphatic heterocycles. The Morgan fingerprint density at radius 3 is 2.35 bits per heavy atom. The van der Waals surface area contributed by atoms with Crippen LogP contribution in [0.5, 0.6) is 0 Å². The van der Waals surface area contributed by atoms with Gasteiger partial charge in [0.1, 0.15) is 11.6 Å². The normalized spacial score (nSPS) is 14.6. The summed E-state index contributed by atoms with van der Waals surface area (Å²) in [4.78, 5) is 0. The van der Waals surface area contributed by atoms with E-state index in [1.807, 2.05) is 30.8 Å². The second kappa shape index (κ2) is 5.32.